The van der Waals surface area contributed by atoms with E-state index in [0.717, 1.165) is 0 Å². The van der Waals surface area contributed by atoms with Gasteiger partial charge in [-0.15, -0.1) is 0 Å². The normalized spacial score (nSPS) is 19.6. The summed E-state index contributed by atoms with van der Waals surface area (Å²) in [4.78, 5) is 27.9. The number of likely N-dealkylation sites (tertiary alicyclic amines) is 1. The number of aliphatic carboxylic acids is 1. The van der Waals surface area contributed by atoms with Gasteiger partial charge in [0.05, 0.1) is 0 Å². The lowest BCUT2D eigenvalue weighted by Gasteiger charge is -2.13. The first-order chi connectivity index (χ1) is 8.06. The average Bonchev–Trinajstić information content (AvgIpc) is 2.85. The van der Waals surface area contributed by atoms with Gasteiger partial charge in [0.1, 0.15) is 0 Å². The van der Waals surface area contributed by atoms with Gasteiger partial charge in [0.25, 0.3) is 11.7 Å². The van der Waals surface area contributed by atoms with Gasteiger partial charge in [0.15, 0.2) is 0 Å². The highest BCUT2D eigenvalue weighted by Crippen LogP contribution is 2.20. The second-order valence-electron chi connectivity index (χ2n) is 4.14. The van der Waals surface area contributed by atoms with Crippen LogP contribution in [0.15, 0.2) is 4.52 Å². The summed E-state index contributed by atoms with van der Waals surface area (Å²) in [6.07, 6.45) is 0.796. The predicted octanol–water partition coefficient (Wildman–Crippen LogP) is 0.315. The van der Waals surface area contributed by atoms with Gasteiger partial charge in [-0.1, -0.05) is 5.16 Å². The van der Waals surface area contributed by atoms with Crippen molar-refractivity contribution >= 4 is 11.9 Å². The first-order valence-corrected chi connectivity index (χ1v) is 5.37. The highest BCUT2D eigenvalue weighted by atomic mass is 16.5. The van der Waals surface area contributed by atoms with Gasteiger partial charge in [-0.3, -0.25) is 9.59 Å². The lowest BCUT2D eigenvalue weighted by Crippen LogP contribution is -2.29. The smallest absolute Gasteiger partial charge is 0.303 e. The molecule has 1 saturated heterocycles. The highest BCUT2D eigenvalue weighted by Gasteiger charge is 2.30. The standard InChI is InChI=1S/C10H13N3O4/c1-6-11-9(12-17-6)10(16)13-3-2-7(5-13)4-8(14)15/h7H,2-5H2,1H3,(H,14,15). The largest absolute Gasteiger partial charge is 0.481 e. The van der Waals surface area contributed by atoms with E-state index in [0.29, 0.717) is 25.4 Å². The monoisotopic (exact) mass is 239 g/mol. The third-order valence-corrected chi connectivity index (χ3v) is 2.76. The third kappa shape index (κ3) is 2.61. The average molecular weight is 239 g/mol. The Morgan fingerprint density at radius 2 is 2.35 bits per heavy atom. The fraction of sp³-hybridized carbons (Fsp3) is 0.600. The van der Waals surface area contributed by atoms with Gasteiger partial charge in [0, 0.05) is 26.4 Å². The van der Waals surface area contributed by atoms with Gasteiger partial charge < -0.3 is 14.5 Å². The lowest BCUT2D eigenvalue weighted by atomic mass is 10.1. The quantitative estimate of drug-likeness (QED) is 0.815. The van der Waals surface area contributed by atoms with E-state index in [-0.39, 0.29) is 24.1 Å². The SMILES string of the molecule is Cc1nc(C(=O)N2CCC(CC(=O)O)C2)no1. The number of carbonyl (C=O) groups is 2. The molecule has 7 heteroatoms. The zero-order valence-corrected chi connectivity index (χ0v) is 9.42. The molecule has 0 bridgehead atoms. The fourth-order valence-corrected chi connectivity index (χ4v) is 1.96. The molecule has 92 valence electrons. The number of nitrogens with zero attached hydrogens (tertiary/aromatic N) is 3. The second-order valence-corrected chi connectivity index (χ2v) is 4.14. The highest BCUT2D eigenvalue weighted by molar-refractivity contribution is 5.90. The summed E-state index contributed by atoms with van der Waals surface area (Å²) in [5.74, 6) is -0.730. The van der Waals surface area contributed by atoms with Gasteiger partial charge in [-0.25, -0.2) is 0 Å². The summed E-state index contributed by atoms with van der Waals surface area (Å²) in [5, 5.41) is 12.2. The number of hydrogen-bond acceptors (Lipinski definition) is 5. The Morgan fingerprint density at radius 3 is 2.94 bits per heavy atom. The Bertz CT molecular complexity index is 443. The maximum Gasteiger partial charge on any atom is 0.303 e. The molecular formula is C10H13N3O4. The summed E-state index contributed by atoms with van der Waals surface area (Å²) in [5.41, 5.74) is 0. The molecule has 1 aromatic rings. The van der Waals surface area contributed by atoms with Crippen LogP contribution in [0.5, 0.6) is 0 Å². The molecule has 1 amide bonds. The zero-order valence-electron chi connectivity index (χ0n) is 9.42. The minimum atomic E-state index is -0.834. The molecule has 0 saturated carbocycles. The molecule has 0 radical (unpaired) electrons. The summed E-state index contributed by atoms with van der Waals surface area (Å²) in [6, 6.07) is 0. The number of rotatable bonds is 3. The van der Waals surface area contributed by atoms with Crippen LogP contribution in [0.4, 0.5) is 0 Å². The molecular weight excluding hydrogens is 226 g/mol. The number of aryl methyl sites for hydroxylation is 1. The van der Waals surface area contributed by atoms with Gasteiger partial charge >= 0.3 is 5.97 Å². The molecule has 0 spiro atoms. The number of aromatic nitrogens is 2. The van der Waals surface area contributed by atoms with E-state index in [2.05, 4.69) is 10.1 Å². The van der Waals surface area contributed by atoms with Crippen LogP contribution in [0.3, 0.4) is 0 Å². The summed E-state index contributed by atoms with van der Waals surface area (Å²) < 4.78 is 4.73. The number of carboxylic acid groups (broad SMARTS) is 1. The number of carbonyl (C=O) groups excluding carboxylic acids is 1. The van der Waals surface area contributed by atoms with Crippen LogP contribution in [0.25, 0.3) is 0 Å². The molecule has 2 rings (SSSR count). The van der Waals surface area contributed by atoms with Crippen LogP contribution in [-0.4, -0.2) is 45.1 Å². The van der Waals surface area contributed by atoms with E-state index in [1.54, 1.807) is 11.8 Å². The zero-order chi connectivity index (χ0) is 12.4. The summed E-state index contributed by atoms with van der Waals surface area (Å²) in [7, 11) is 0. The Balaban J connectivity index is 1.96. The van der Waals surface area contributed by atoms with Crippen molar-refractivity contribution in [1.29, 1.82) is 0 Å². The van der Waals surface area contributed by atoms with Gasteiger partial charge in [-0.2, -0.15) is 4.98 Å². The molecule has 0 aromatic carbocycles. The minimum absolute atomic E-state index is 0.0180. The molecule has 1 atom stereocenters. The summed E-state index contributed by atoms with van der Waals surface area (Å²) in [6.45, 7) is 2.60. The predicted molar refractivity (Wildman–Crippen MR) is 55.3 cm³/mol. The van der Waals surface area contributed by atoms with Crippen molar-refractivity contribution < 1.29 is 19.2 Å². The van der Waals surface area contributed by atoms with Crippen molar-refractivity contribution in [3.63, 3.8) is 0 Å². The molecule has 7 nitrogen and oxygen atoms in total. The maximum atomic E-state index is 11.9. The first-order valence-electron chi connectivity index (χ1n) is 5.37. The molecule has 1 aliphatic heterocycles. The first kappa shape index (κ1) is 11.6. The maximum absolute atomic E-state index is 11.9. The van der Waals surface area contributed by atoms with E-state index in [1.807, 2.05) is 0 Å². The Hall–Kier alpha value is -1.92. The van der Waals surface area contributed by atoms with Crippen LogP contribution in [0.2, 0.25) is 0 Å². The van der Waals surface area contributed by atoms with Crippen molar-refractivity contribution in [3.05, 3.63) is 11.7 Å². The van der Waals surface area contributed by atoms with Crippen LogP contribution < -0.4 is 0 Å². The molecule has 1 fully saturated rings. The topological polar surface area (TPSA) is 96.5 Å². The number of hydrogen-bond donors (Lipinski definition) is 1. The fourth-order valence-electron chi connectivity index (χ4n) is 1.96. The molecule has 0 aliphatic carbocycles. The van der Waals surface area contributed by atoms with E-state index in [9.17, 15) is 9.59 Å². The van der Waals surface area contributed by atoms with Crippen LogP contribution in [0, 0.1) is 12.8 Å². The third-order valence-electron chi connectivity index (χ3n) is 2.76. The van der Waals surface area contributed by atoms with E-state index in [1.165, 1.54) is 0 Å². The molecule has 1 N–H and O–H groups in total. The van der Waals surface area contributed by atoms with E-state index in [4.69, 9.17) is 9.63 Å². The molecule has 1 aromatic heterocycles. The van der Waals surface area contributed by atoms with Crippen molar-refractivity contribution in [2.45, 2.75) is 19.8 Å². The van der Waals surface area contributed by atoms with Crippen molar-refractivity contribution in [1.82, 2.24) is 15.0 Å². The van der Waals surface area contributed by atoms with Crippen molar-refractivity contribution in [2.24, 2.45) is 5.92 Å². The van der Waals surface area contributed by atoms with Gasteiger partial charge in [-0.05, 0) is 12.3 Å². The van der Waals surface area contributed by atoms with Crippen molar-refractivity contribution in [2.75, 3.05) is 13.1 Å². The van der Waals surface area contributed by atoms with Crippen LogP contribution in [-0.2, 0) is 4.79 Å². The molecule has 1 unspecified atom stereocenters. The van der Waals surface area contributed by atoms with Gasteiger partial charge in [0.2, 0.25) is 5.89 Å². The number of carboxylic acids is 1. The van der Waals surface area contributed by atoms with Crippen LogP contribution >= 0.6 is 0 Å². The van der Waals surface area contributed by atoms with Crippen LogP contribution in [0.1, 0.15) is 29.4 Å². The van der Waals surface area contributed by atoms with E-state index >= 15 is 0 Å². The molecule has 17 heavy (non-hydrogen) atoms. The van der Waals surface area contributed by atoms with Crippen molar-refractivity contribution in [3.8, 4) is 0 Å². The minimum Gasteiger partial charge on any atom is -0.481 e. The Morgan fingerprint density at radius 1 is 1.59 bits per heavy atom. The Labute approximate surface area is 97.4 Å². The molecule has 2 heterocycles. The number of amides is 1. The van der Waals surface area contributed by atoms with E-state index < -0.39 is 5.97 Å². The lowest BCUT2D eigenvalue weighted by molar-refractivity contribution is -0.138. The Kier molecular flexibility index (Phi) is 3.08. The second kappa shape index (κ2) is 4.52. The molecule has 1 aliphatic rings. The summed E-state index contributed by atoms with van der Waals surface area (Å²) >= 11 is 0.